The van der Waals surface area contributed by atoms with E-state index in [1.165, 1.54) is 5.56 Å². The monoisotopic (exact) mass is 431 g/mol. The van der Waals surface area contributed by atoms with Crippen molar-refractivity contribution in [3.8, 4) is 5.75 Å². The van der Waals surface area contributed by atoms with Crippen LogP contribution in [-0.4, -0.2) is 88.3 Å². The van der Waals surface area contributed by atoms with Gasteiger partial charge in [0.25, 0.3) is 0 Å². The van der Waals surface area contributed by atoms with Crippen LogP contribution < -0.4 is 15.4 Å². The van der Waals surface area contributed by atoms with E-state index in [1.807, 2.05) is 19.2 Å². The summed E-state index contributed by atoms with van der Waals surface area (Å²) in [5.74, 6) is 2.41. The third-order valence-electron chi connectivity index (χ3n) is 6.01. The molecule has 172 valence electrons. The van der Waals surface area contributed by atoms with Gasteiger partial charge in [0.1, 0.15) is 12.4 Å². The molecule has 2 aliphatic rings. The standard InChI is InChI=1S/C23H37N5O3/c1-24-22(29)17-19-6-8-28(9-7-19)23(25-2)26-18-20-4-3-5-21(16-20)31-15-12-27-10-13-30-14-11-27/h3-5,16,19H,6-15,17-18H2,1-2H3,(H,24,29)(H,25,26). The van der Waals surface area contributed by atoms with E-state index in [-0.39, 0.29) is 5.91 Å². The molecule has 1 aromatic rings. The van der Waals surface area contributed by atoms with Crippen LogP contribution in [0.4, 0.5) is 0 Å². The smallest absolute Gasteiger partial charge is 0.220 e. The van der Waals surface area contributed by atoms with E-state index in [2.05, 4.69) is 37.6 Å². The molecule has 0 saturated carbocycles. The molecule has 2 fully saturated rings. The zero-order valence-corrected chi connectivity index (χ0v) is 18.9. The lowest BCUT2D eigenvalue weighted by atomic mass is 9.93. The van der Waals surface area contributed by atoms with Crippen molar-refractivity contribution >= 4 is 11.9 Å². The van der Waals surface area contributed by atoms with E-state index in [9.17, 15) is 4.79 Å². The molecule has 1 aromatic carbocycles. The van der Waals surface area contributed by atoms with Gasteiger partial charge in [0, 0.05) is 59.8 Å². The summed E-state index contributed by atoms with van der Waals surface area (Å²) < 4.78 is 11.4. The molecule has 0 spiro atoms. The highest BCUT2D eigenvalue weighted by atomic mass is 16.5. The third-order valence-corrected chi connectivity index (χ3v) is 6.01. The van der Waals surface area contributed by atoms with Gasteiger partial charge in [0.05, 0.1) is 13.2 Å². The Morgan fingerprint density at radius 2 is 2.00 bits per heavy atom. The predicted molar refractivity (Wildman–Crippen MR) is 122 cm³/mol. The minimum atomic E-state index is 0.132. The van der Waals surface area contributed by atoms with Crippen molar-refractivity contribution in [3.63, 3.8) is 0 Å². The molecule has 0 aromatic heterocycles. The summed E-state index contributed by atoms with van der Waals surface area (Å²) in [6.45, 7) is 7.74. The molecule has 2 heterocycles. The molecule has 31 heavy (non-hydrogen) atoms. The molecule has 8 heteroatoms. The van der Waals surface area contributed by atoms with Gasteiger partial charge in [-0.05, 0) is 36.5 Å². The number of rotatable bonds is 8. The SMILES string of the molecule is CN=C(NCc1cccc(OCCN2CCOCC2)c1)N1CCC(CC(=O)NC)CC1. The van der Waals surface area contributed by atoms with Gasteiger partial charge in [-0.3, -0.25) is 14.7 Å². The Morgan fingerprint density at radius 3 is 2.71 bits per heavy atom. The summed E-state index contributed by atoms with van der Waals surface area (Å²) in [7, 11) is 3.53. The lowest BCUT2D eigenvalue weighted by Gasteiger charge is -2.34. The molecular formula is C23H37N5O3. The maximum atomic E-state index is 11.6. The lowest BCUT2D eigenvalue weighted by molar-refractivity contribution is -0.121. The van der Waals surface area contributed by atoms with Gasteiger partial charge < -0.3 is 25.0 Å². The van der Waals surface area contributed by atoms with Crippen molar-refractivity contribution in [2.24, 2.45) is 10.9 Å². The van der Waals surface area contributed by atoms with Gasteiger partial charge in [-0.2, -0.15) is 0 Å². The van der Waals surface area contributed by atoms with Crippen LogP contribution >= 0.6 is 0 Å². The van der Waals surface area contributed by atoms with Crippen LogP contribution in [0.3, 0.4) is 0 Å². The highest BCUT2D eigenvalue weighted by Crippen LogP contribution is 2.20. The molecule has 8 nitrogen and oxygen atoms in total. The minimum Gasteiger partial charge on any atom is -0.492 e. The number of benzene rings is 1. The van der Waals surface area contributed by atoms with Crippen molar-refractivity contribution in [3.05, 3.63) is 29.8 Å². The summed E-state index contributed by atoms with van der Waals surface area (Å²) in [6.07, 6.45) is 2.65. The number of likely N-dealkylation sites (tertiary alicyclic amines) is 1. The van der Waals surface area contributed by atoms with Crippen molar-refractivity contribution in [1.29, 1.82) is 0 Å². The Labute approximate surface area is 186 Å². The second-order valence-corrected chi connectivity index (χ2v) is 8.16. The summed E-state index contributed by atoms with van der Waals surface area (Å²) in [6, 6.07) is 8.24. The number of aliphatic imine (C=N–C) groups is 1. The van der Waals surface area contributed by atoms with Crippen molar-refractivity contribution in [1.82, 2.24) is 20.4 Å². The first-order chi connectivity index (χ1) is 15.2. The third kappa shape index (κ3) is 7.70. The normalized spacial score (nSPS) is 18.6. The lowest BCUT2D eigenvalue weighted by Crippen LogP contribution is -2.45. The van der Waals surface area contributed by atoms with E-state index in [0.29, 0.717) is 25.5 Å². The Bertz CT molecular complexity index is 713. The molecule has 1 amide bonds. The van der Waals surface area contributed by atoms with Crippen LogP contribution in [0, 0.1) is 5.92 Å². The van der Waals surface area contributed by atoms with E-state index in [0.717, 1.165) is 70.5 Å². The fourth-order valence-corrected chi connectivity index (χ4v) is 4.09. The van der Waals surface area contributed by atoms with E-state index >= 15 is 0 Å². The Balaban J connectivity index is 1.41. The number of hydrogen-bond acceptors (Lipinski definition) is 5. The maximum Gasteiger partial charge on any atom is 0.220 e. The number of ether oxygens (including phenoxy) is 2. The minimum absolute atomic E-state index is 0.132. The fourth-order valence-electron chi connectivity index (χ4n) is 4.09. The van der Waals surface area contributed by atoms with Crippen molar-refractivity contribution < 1.29 is 14.3 Å². The molecule has 2 N–H and O–H groups in total. The molecule has 0 unspecified atom stereocenters. The molecule has 0 atom stereocenters. The van der Waals surface area contributed by atoms with Gasteiger partial charge in [-0.1, -0.05) is 12.1 Å². The van der Waals surface area contributed by atoms with Crippen molar-refractivity contribution in [2.45, 2.75) is 25.8 Å². The average molecular weight is 432 g/mol. The number of carbonyl (C=O) groups excluding carboxylic acids is 1. The van der Waals surface area contributed by atoms with E-state index < -0.39 is 0 Å². The molecular weight excluding hydrogens is 394 g/mol. The maximum absolute atomic E-state index is 11.6. The zero-order chi connectivity index (χ0) is 21.9. The number of morpholine rings is 1. The highest BCUT2D eigenvalue weighted by Gasteiger charge is 2.23. The van der Waals surface area contributed by atoms with Gasteiger partial charge in [0.15, 0.2) is 5.96 Å². The van der Waals surface area contributed by atoms with Crippen LogP contribution in [0.5, 0.6) is 5.75 Å². The molecule has 0 radical (unpaired) electrons. The van der Waals surface area contributed by atoms with E-state index in [1.54, 1.807) is 7.05 Å². The van der Waals surface area contributed by atoms with Gasteiger partial charge in [-0.15, -0.1) is 0 Å². The molecule has 3 rings (SSSR count). The first-order valence-electron chi connectivity index (χ1n) is 11.4. The number of nitrogens with one attached hydrogen (secondary N) is 2. The number of piperidine rings is 1. The van der Waals surface area contributed by atoms with Crippen LogP contribution in [0.15, 0.2) is 29.3 Å². The van der Waals surface area contributed by atoms with Crippen molar-refractivity contribution in [2.75, 3.05) is 66.6 Å². The predicted octanol–water partition coefficient (Wildman–Crippen LogP) is 1.32. The van der Waals surface area contributed by atoms with Crippen LogP contribution in [0.1, 0.15) is 24.8 Å². The summed E-state index contributed by atoms with van der Waals surface area (Å²) in [4.78, 5) is 20.7. The quantitative estimate of drug-likeness (QED) is 0.478. The largest absolute Gasteiger partial charge is 0.492 e. The summed E-state index contributed by atoms with van der Waals surface area (Å²) in [5, 5.41) is 6.20. The van der Waals surface area contributed by atoms with Gasteiger partial charge in [0.2, 0.25) is 5.91 Å². The van der Waals surface area contributed by atoms with E-state index in [4.69, 9.17) is 9.47 Å². The Kier molecular flexibility index (Phi) is 9.42. The highest BCUT2D eigenvalue weighted by molar-refractivity contribution is 5.80. The topological polar surface area (TPSA) is 78.4 Å². The number of nitrogens with zero attached hydrogens (tertiary/aromatic N) is 3. The number of hydrogen-bond donors (Lipinski definition) is 2. The fraction of sp³-hybridized carbons (Fsp3) is 0.652. The zero-order valence-electron chi connectivity index (χ0n) is 18.9. The van der Waals surface area contributed by atoms with Gasteiger partial charge in [-0.25, -0.2) is 0 Å². The first kappa shape index (κ1) is 23.3. The van der Waals surface area contributed by atoms with Crippen LogP contribution in [0.2, 0.25) is 0 Å². The molecule has 0 aliphatic carbocycles. The Hall–Kier alpha value is -2.32. The Morgan fingerprint density at radius 1 is 1.23 bits per heavy atom. The summed E-state index contributed by atoms with van der Waals surface area (Å²) in [5.41, 5.74) is 1.17. The first-order valence-corrected chi connectivity index (χ1v) is 11.4. The second kappa shape index (κ2) is 12.5. The molecule has 2 saturated heterocycles. The second-order valence-electron chi connectivity index (χ2n) is 8.16. The number of amides is 1. The summed E-state index contributed by atoms with van der Waals surface area (Å²) >= 11 is 0. The van der Waals surface area contributed by atoms with Crippen LogP contribution in [0.25, 0.3) is 0 Å². The molecule has 2 aliphatic heterocycles. The average Bonchev–Trinajstić information content (AvgIpc) is 2.81. The van der Waals surface area contributed by atoms with Gasteiger partial charge >= 0.3 is 0 Å². The number of carbonyl (C=O) groups is 1. The van der Waals surface area contributed by atoms with Crippen LogP contribution in [-0.2, 0) is 16.1 Å². The molecule has 0 bridgehead atoms. The number of guanidine groups is 1.